The predicted molar refractivity (Wildman–Crippen MR) is 70.8 cm³/mol. The Bertz CT molecular complexity index is 340. The van der Waals surface area contributed by atoms with Crippen LogP contribution in [0.15, 0.2) is 0 Å². The smallest absolute Gasteiger partial charge is 0.315 e. The van der Waals surface area contributed by atoms with Gasteiger partial charge in [-0.1, -0.05) is 0 Å². The van der Waals surface area contributed by atoms with E-state index in [1.807, 2.05) is 13.8 Å². The van der Waals surface area contributed by atoms with Crippen LogP contribution >= 0.6 is 0 Å². The lowest BCUT2D eigenvalue weighted by molar-refractivity contribution is -0.129. The van der Waals surface area contributed by atoms with Crippen LogP contribution in [0.5, 0.6) is 0 Å². The van der Waals surface area contributed by atoms with Crippen molar-refractivity contribution in [2.45, 2.75) is 51.3 Å². The molecule has 0 radical (unpaired) electrons. The van der Waals surface area contributed by atoms with Crippen molar-refractivity contribution in [3.05, 3.63) is 0 Å². The van der Waals surface area contributed by atoms with Gasteiger partial charge in [-0.2, -0.15) is 0 Å². The van der Waals surface area contributed by atoms with Crippen molar-refractivity contribution in [3.8, 4) is 0 Å². The third-order valence-corrected chi connectivity index (χ3v) is 3.63. The van der Waals surface area contributed by atoms with Gasteiger partial charge in [0.1, 0.15) is 0 Å². The molecule has 3 amide bonds. The van der Waals surface area contributed by atoms with Crippen molar-refractivity contribution in [3.63, 3.8) is 0 Å². The fourth-order valence-electron chi connectivity index (χ4n) is 2.58. The largest absolute Gasteiger partial charge is 0.376 e. The summed E-state index contributed by atoms with van der Waals surface area (Å²) in [6.07, 6.45) is 2.60. The summed E-state index contributed by atoms with van der Waals surface area (Å²) in [6, 6.07) is -0.104. The van der Waals surface area contributed by atoms with Gasteiger partial charge in [0.05, 0.1) is 12.1 Å². The van der Waals surface area contributed by atoms with E-state index in [2.05, 4.69) is 10.6 Å². The fourth-order valence-corrected chi connectivity index (χ4v) is 2.58. The van der Waals surface area contributed by atoms with Gasteiger partial charge in [0, 0.05) is 32.2 Å². The van der Waals surface area contributed by atoms with Crippen LogP contribution in [0.1, 0.15) is 33.1 Å². The highest BCUT2D eigenvalue weighted by Gasteiger charge is 2.32. The van der Waals surface area contributed by atoms with Gasteiger partial charge in [-0.15, -0.1) is 0 Å². The average Bonchev–Trinajstić information content (AvgIpc) is 2.96. The molecule has 2 atom stereocenters. The molecule has 19 heavy (non-hydrogen) atoms. The number of rotatable bonds is 4. The van der Waals surface area contributed by atoms with Gasteiger partial charge in [-0.25, -0.2) is 4.79 Å². The van der Waals surface area contributed by atoms with Crippen molar-refractivity contribution < 1.29 is 14.3 Å². The minimum Gasteiger partial charge on any atom is -0.376 e. The van der Waals surface area contributed by atoms with E-state index in [-0.39, 0.29) is 30.1 Å². The molecule has 2 rings (SSSR count). The highest BCUT2D eigenvalue weighted by atomic mass is 16.5. The molecule has 2 unspecified atom stereocenters. The van der Waals surface area contributed by atoms with Crippen LogP contribution in [-0.4, -0.2) is 54.7 Å². The van der Waals surface area contributed by atoms with E-state index in [0.717, 1.165) is 19.4 Å². The van der Waals surface area contributed by atoms with E-state index in [1.54, 1.807) is 4.90 Å². The third-order valence-electron chi connectivity index (χ3n) is 3.63. The quantitative estimate of drug-likeness (QED) is 0.779. The number of nitrogens with one attached hydrogen (secondary N) is 2. The molecule has 0 bridgehead atoms. The average molecular weight is 269 g/mol. The Morgan fingerprint density at radius 2 is 2.32 bits per heavy atom. The molecular formula is C13H23N3O3. The molecule has 108 valence electrons. The molecule has 0 aromatic heterocycles. The van der Waals surface area contributed by atoms with E-state index in [9.17, 15) is 9.59 Å². The minimum absolute atomic E-state index is 0.0839. The number of ether oxygens (including phenoxy) is 1. The number of urea groups is 1. The van der Waals surface area contributed by atoms with E-state index < -0.39 is 0 Å². The molecule has 2 fully saturated rings. The van der Waals surface area contributed by atoms with Crippen molar-refractivity contribution in [1.82, 2.24) is 15.5 Å². The van der Waals surface area contributed by atoms with Gasteiger partial charge in [0.15, 0.2) is 0 Å². The van der Waals surface area contributed by atoms with Crippen LogP contribution in [0.2, 0.25) is 0 Å². The molecule has 2 N–H and O–H groups in total. The van der Waals surface area contributed by atoms with Crippen LogP contribution in [0.4, 0.5) is 4.79 Å². The number of amides is 3. The highest BCUT2D eigenvalue weighted by Crippen LogP contribution is 2.14. The summed E-state index contributed by atoms with van der Waals surface area (Å²) >= 11 is 0. The molecule has 2 aliphatic rings. The molecular weight excluding hydrogens is 246 g/mol. The Kier molecular flexibility index (Phi) is 4.63. The number of hydrogen-bond donors (Lipinski definition) is 2. The van der Waals surface area contributed by atoms with Crippen LogP contribution in [0.25, 0.3) is 0 Å². The van der Waals surface area contributed by atoms with Crippen molar-refractivity contribution in [1.29, 1.82) is 0 Å². The van der Waals surface area contributed by atoms with Gasteiger partial charge in [0.25, 0.3) is 0 Å². The summed E-state index contributed by atoms with van der Waals surface area (Å²) in [6.45, 7) is 5.90. The first-order valence-corrected chi connectivity index (χ1v) is 7.01. The van der Waals surface area contributed by atoms with Gasteiger partial charge < -0.3 is 20.3 Å². The molecule has 2 aliphatic heterocycles. The summed E-state index contributed by atoms with van der Waals surface area (Å²) in [5.41, 5.74) is 0. The van der Waals surface area contributed by atoms with Crippen LogP contribution < -0.4 is 10.6 Å². The maximum Gasteiger partial charge on any atom is 0.315 e. The minimum atomic E-state index is -0.209. The lowest BCUT2D eigenvalue weighted by Crippen LogP contribution is -2.45. The van der Waals surface area contributed by atoms with E-state index >= 15 is 0 Å². The Balaban J connectivity index is 1.69. The van der Waals surface area contributed by atoms with Gasteiger partial charge >= 0.3 is 6.03 Å². The second-order valence-electron chi connectivity index (χ2n) is 5.53. The topological polar surface area (TPSA) is 70.7 Å². The van der Waals surface area contributed by atoms with Crippen LogP contribution in [0, 0.1) is 0 Å². The van der Waals surface area contributed by atoms with E-state index in [1.165, 1.54) is 0 Å². The lowest BCUT2D eigenvalue weighted by atomic mass is 10.2. The van der Waals surface area contributed by atoms with Gasteiger partial charge in [0.2, 0.25) is 5.91 Å². The SMILES string of the molecule is CC(C)N1CC(NC(=O)NCC2CCCO2)CC1=O. The first-order chi connectivity index (χ1) is 9.06. The zero-order chi connectivity index (χ0) is 13.8. The Morgan fingerprint density at radius 3 is 2.89 bits per heavy atom. The normalized spacial score (nSPS) is 27.1. The monoisotopic (exact) mass is 269 g/mol. The molecule has 0 aliphatic carbocycles. The summed E-state index contributed by atoms with van der Waals surface area (Å²) in [5.74, 6) is 0.111. The number of hydrogen-bond acceptors (Lipinski definition) is 3. The Labute approximate surface area is 113 Å². The van der Waals surface area contributed by atoms with Crippen LogP contribution in [-0.2, 0) is 9.53 Å². The van der Waals surface area contributed by atoms with E-state index in [0.29, 0.717) is 19.5 Å². The molecule has 6 heteroatoms. The standard InChI is InChI=1S/C13H23N3O3/c1-9(2)16-8-10(6-12(16)17)15-13(18)14-7-11-4-3-5-19-11/h9-11H,3-8H2,1-2H3,(H2,14,15,18). The van der Waals surface area contributed by atoms with Gasteiger partial charge in [-0.3, -0.25) is 4.79 Å². The predicted octanol–water partition coefficient (Wildman–Crippen LogP) is 0.474. The number of carbonyl (C=O) groups excluding carboxylic acids is 2. The summed E-state index contributed by atoms with van der Waals surface area (Å²) in [7, 11) is 0. The Hall–Kier alpha value is -1.30. The molecule has 0 aromatic carbocycles. The first kappa shape index (κ1) is 14.1. The zero-order valence-electron chi connectivity index (χ0n) is 11.6. The molecule has 0 aromatic rings. The van der Waals surface area contributed by atoms with Crippen molar-refractivity contribution >= 4 is 11.9 Å². The highest BCUT2D eigenvalue weighted by molar-refractivity contribution is 5.81. The summed E-state index contributed by atoms with van der Waals surface area (Å²) < 4.78 is 5.43. The lowest BCUT2D eigenvalue weighted by Gasteiger charge is -2.21. The molecule has 0 saturated carbocycles. The second-order valence-corrected chi connectivity index (χ2v) is 5.53. The summed E-state index contributed by atoms with van der Waals surface area (Å²) in [5, 5.41) is 5.66. The first-order valence-electron chi connectivity index (χ1n) is 7.01. The second kappa shape index (κ2) is 6.23. The maximum atomic E-state index is 11.7. The van der Waals surface area contributed by atoms with Crippen molar-refractivity contribution in [2.75, 3.05) is 19.7 Å². The fraction of sp³-hybridized carbons (Fsp3) is 0.846. The zero-order valence-corrected chi connectivity index (χ0v) is 11.6. The van der Waals surface area contributed by atoms with Crippen LogP contribution in [0.3, 0.4) is 0 Å². The maximum absolute atomic E-state index is 11.7. The van der Waals surface area contributed by atoms with Crippen molar-refractivity contribution in [2.24, 2.45) is 0 Å². The molecule has 2 saturated heterocycles. The molecule has 6 nitrogen and oxygen atoms in total. The number of likely N-dealkylation sites (tertiary alicyclic amines) is 1. The third kappa shape index (κ3) is 3.83. The number of nitrogens with zero attached hydrogens (tertiary/aromatic N) is 1. The van der Waals surface area contributed by atoms with Gasteiger partial charge in [-0.05, 0) is 26.7 Å². The van der Waals surface area contributed by atoms with E-state index in [4.69, 9.17) is 4.74 Å². The Morgan fingerprint density at radius 1 is 1.53 bits per heavy atom. The summed E-state index contributed by atoms with van der Waals surface area (Å²) in [4.78, 5) is 25.2. The number of carbonyl (C=O) groups is 2. The molecule has 0 spiro atoms. The molecule has 2 heterocycles.